The van der Waals surface area contributed by atoms with Crippen molar-refractivity contribution in [1.82, 2.24) is 15.0 Å². The Labute approximate surface area is 132 Å². The highest BCUT2D eigenvalue weighted by atomic mass is 16.3. The number of anilines is 3. The summed E-state index contributed by atoms with van der Waals surface area (Å²) in [5.74, 6) is 2.27. The maximum Gasteiger partial charge on any atom is 0.232 e. The van der Waals surface area contributed by atoms with Crippen molar-refractivity contribution in [2.75, 3.05) is 60.6 Å². The lowest BCUT2D eigenvalue weighted by molar-refractivity contribution is 0.301. The van der Waals surface area contributed by atoms with Crippen LogP contribution in [-0.4, -0.2) is 65.9 Å². The van der Waals surface area contributed by atoms with Crippen molar-refractivity contribution >= 4 is 17.8 Å². The molecule has 22 heavy (non-hydrogen) atoms. The molecule has 1 N–H and O–H groups in total. The van der Waals surface area contributed by atoms with Gasteiger partial charge in [0.1, 0.15) is 0 Å². The van der Waals surface area contributed by atoms with E-state index in [4.69, 9.17) is 4.98 Å². The minimum atomic E-state index is 0.109. The van der Waals surface area contributed by atoms with Crippen molar-refractivity contribution in [2.45, 2.75) is 32.6 Å². The predicted molar refractivity (Wildman–Crippen MR) is 87.7 cm³/mol. The molecule has 2 saturated heterocycles. The summed E-state index contributed by atoms with van der Waals surface area (Å²) in [7, 11) is 0. The fourth-order valence-electron chi connectivity index (χ4n) is 3.12. The molecule has 0 aliphatic carbocycles. The molecule has 1 aromatic heterocycles. The molecule has 2 aliphatic rings. The third kappa shape index (κ3) is 3.24. The van der Waals surface area contributed by atoms with E-state index in [2.05, 4.69) is 26.7 Å². The van der Waals surface area contributed by atoms with Crippen LogP contribution in [0.25, 0.3) is 0 Å². The molecule has 0 unspecified atom stereocenters. The highest BCUT2D eigenvalue weighted by molar-refractivity contribution is 5.47. The van der Waals surface area contributed by atoms with E-state index in [-0.39, 0.29) is 6.61 Å². The van der Waals surface area contributed by atoms with Gasteiger partial charge in [0.2, 0.25) is 17.8 Å². The van der Waals surface area contributed by atoms with Gasteiger partial charge in [-0.1, -0.05) is 0 Å². The molecule has 1 aromatic rings. The first kappa shape index (κ1) is 15.3. The van der Waals surface area contributed by atoms with E-state index in [1.807, 2.05) is 4.90 Å². The van der Waals surface area contributed by atoms with Gasteiger partial charge in [-0.25, -0.2) is 0 Å². The molecule has 0 spiro atoms. The number of aliphatic hydroxyl groups is 1. The molecule has 0 atom stereocenters. The monoisotopic (exact) mass is 306 g/mol. The van der Waals surface area contributed by atoms with E-state index in [0.29, 0.717) is 12.5 Å². The van der Waals surface area contributed by atoms with Gasteiger partial charge >= 0.3 is 0 Å². The first-order valence-electron chi connectivity index (χ1n) is 8.43. The van der Waals surface area contributed by atoms with E-state index in [9.17, 15) is 5.11 Å². The Morgan fingerprint density at radius 2 is 1.41 bits per heavy atom. The fraction of sp³-hybridized carbons (Fsp3) is 0.800. The average molecular weight is 306 g/mol. The number of likely N-dealkylation sites (N-methyl/N-ethyl adjacent to an activating group) is 1. The molecule has 2 fully saturated rings. The molecule has 2 aliphatic heterocycles. The Bertz CT molecular complexity index is 451. The van der Waals surface area contributed by atoms with Crippen molar-refractivity contribution in [1.29, 1.82) is 0 Å². The second-order valence-corrected chi connectivity index (χ2v) is 5.93. The lowest BCUT2D eigenvalue weighted by Crippen LogP contribution is -2.31. The van der Waals surface area contributed by atoms with Crippen LogP contribution in [0.5, 0.6) is 0 Å². The standard InChI is InChI=1S/C15H26N6O/c1-2-19(11-12-22)13-16-14(20-7-3-4-8-20)18-15(17-13)21-9-5-6-10-21/h22H,2-12H2,1H3. The molecular formula is C15H26N6O. The first-order chi connectivity index (χ1) is 10.8. The SMILES string of the molecule is CCN(CCO)c1nc(N2CCCC2)nc(N2CCCC2)n1. The zero-order valence-corrected chi connectivity index (χ0v) is 13.4. The first-order valence-corrected chi connectivity index (χ1v) is 8.43. The molecule has 0 bridgehead atoms. The van der Waals surface area contributed by atoms with E-state index in [1.54, 1.807) is 0 Å². The van der Waals surface area contributed by atoms with Crippen LogP contribution in [0.1, 0.15) is 32.6 Å². The molecule has 0 radical (unpaired) electrons. The number of aromatic nitrogens is 3. The molecule has 122 valence electrons. The van der Waals surface area contributed by atoms with E-state index < -0.39 is 0 Å². The fourth-order valence-corrected chi connectivity index (χ4v) is 3.12. The summed E-state index contributed by atoms with van der Waals surface area (Å²) in [6, 6.07) is 0. The Hall–Kier alpha value is -1.63. The number of hydrogen-bond acceptors (Lipinski definition) is 7. The quantitative estimate of drug-likeness (QED) is 0.837. The van der Waals surface area contributed by atoms with Gasteiger partial charge in [-0.2, -0.15) is 15.0 Å². The number of aliphatic hydroxyl groups excluding tert-OH is 1. The van der Waals surface area contributed by atoms with Crippen LogP contribution in [0.2, 0.25) is 0 Å². The predicted octanol–water partition coefficient (Wildman–Crippen LogP) is 0.891. The molecule has 0 saturated carbocycles. The van der Waals surface area contributed by atoms with Crippen molar-refractivity contribution in [3.8, 4) is 0 Å². The zero-order chi connectivity index (χ0) is 15.4. The third-order valence-corrected chi connectivity index (χ3v) is 4.41. The van der Waals surface area contributed by atoms with Crippen LogP contribution in [0.3, 0.4) is 0 Å². The number of hydrogen-bond donors (Lipinski definition) is 1. The van der Waals surface area contributed by atoms with E-state index in [1.165, 1.54) is 25.7 Å². The molecule has 7 heteroatoms. The van der Waals surface area contributed by atoms with E-state index >= 15 is 0 Å². The van der Waals surface area contributed by atoms with Crippen LogP contribution < -0.4 is 14.7 Å². The topological polar surface area (TPSA) is 68.6 Å². The summed E-state index contributed by atoms with van der Waals surface area (Å²) in [6.07, 6.45) is 4.81. The molecule has 7 nitrogen and oxygen atoms in total. The smallest absolute Gasteiger partial charge is 0.232 e. The molecule has 0 aromatic carbocycles. The van der Waals surface area contributed by atoms with Crippen LogP contribution >= 0.6 is 0 Å². The normalized spacial score (nSPS) is 18.3. The second kappa shape index (κ2) is 7.09. The molecule has 0 amide bonds. The van der Waals surface area contributed by atoms with Gasteiger partial charge in [-0.05, 0) is 32.6 Å². The van der Waals surface area contributed by atoms with Crippen molar-refractivity contribution in [3.05, 3.63) is 0 Å². The van der Waals surface area contributed by atoms with Gasteiger partial charge in [-0.15, -0.1) is 0 Å². The molecule has 3 heterocycles. The Kier molecular flexibility index (Phi) is 4.92. The second-order valence-electron chi connectivity index (χ2n) is 5.93. The number of nitrogens with zero attached hydrogens (tertiary/aromatic N) is 6. The summed E-state index contributed by atoms with van der Waals surface area (Å²) in [5.41, 5.74) is 0. The van der Waals surface area contributed by atoms with Crippen LogP contribution in [0, 0.1) is 0 Å². The van der Waals surface area contributed by atoms with Gasteiger partial charge in [0.05, 0.1) is 6.61 Å². The Morgan fingerprint density at radius 1 is 0.909 bits per heavy atom. The molecule has 3 rings (SSSR count). The minimum absolute atomic E-state index is 0.109. The maximum absolute atomic E-state index is 9.26. The minimum Gasteiger partial charge on any atom is -0.395 e. The largest absolute Gasteiger partial charge is 0.395 e. The number of rotatable bonds is 6. The highest BCUT2D eigenvalue weighted by Crippen LogP contribution is 2.24. The summed E-state index contributed by atoms with van der Waals surface area (Å²) >= 11 is 0. The summed E-state index contributed by atoms with van der Waals surface area (Å²) < 4.78 is 0. The summed E-state index contributed by atoms with van der Waals surface area (Å²) in [5, 5.41) is 9.26. The van der Waals surface area contributed by atoms with Crippen LogP contribution in [-0.2, 0) is 0 Å². The lowest BCUT2D eigenvalue weighted by atomic mass is 10.4. The van der Waals surface area contributed by atoms with Crippen molar-refractivity contribution in [2.24, 2.45) is 0 Å². The lowest BCUT2D eigenvalue weighted by Gasteiger charge is -2.25. The molecular weight excluding hydrogens is 280 g/mol. The highest BCUT2D eigenvalue weighted by Gasteiger charge is 2.22. The van der Waals surface area contributed by atoms with Gasteiger partial charge in [-0.3, -0.25) is 0 Å². The summed E-state index contributed by atoms with van der Waals surface area (Å²) in [4.78, 5) is 20.6. The zero-order valence-electron chi connectivity index (χ0n) is 13.4. The summed E-state index contributed by atoms with van der Waals surface area (Å²) in [6.45, 7) is 7.60. The Morgan fingerprint density at radius 3 is 1.82 bits per heavy atom. The third-order valence-electron chi connectivity index (χ3n) is 4.41. The van der Waals surface area contributed by atoms with Crippen molar-refractivity contribution in [3.63, 3.8) is 0 Å². The Balaban J connectivity index is 1.92. The van der Waals surface area contributed by atoms with E-state index in [0.717, 1.165) is 44.6 Å². The van der Waals surface area contributed by atoms with Crippen LogP contribution in [0.15, 0.2) is 0 Å². The van der Waals surface area contributed by atoms with Crippen LogP contribution in [0.4, 0.5) is 17.8 Å². The maximum atomic E-state index is 9.26. The van der Waals surface area contributed by atoms with Gasteiger partial charge in [0, 0.05) is 39.3 Å². The van der Waals surface area contributed by atoms with Crippen molar-refractivity contribution < 1.29 is 5.11 Å². The average Bonchev–Trinajstić information content (AvgIpc) is 3.25. The van der Waals surface area contributed by atoms with Gasteiger partial charge in [0.15, 0.2) is 0 Å². The van der Waals surface area contributed by atoms with Gasteiger partial charge < -0.3 is 19.8 Å². The van der Waals surface area contributed by atoms with Gasteiger partial charge in [0.25, 0.3) is 0 Å².